The van der Waals surface area contributed by atoms with Crippen LogP contribution in [-0.2, 0) is 5.75 Å². The van der Waals surface area contributed by atoms with E-state index >= 15 is 0 Å². The molecule has 0 spiro atoms. The van der Waals surface area contributed by atoms with Crippen molar-refractivity contribution in [3.63, 3.8) is 0 Å². The van der Waals surface area contributed by atoms with Gasteiger partial charge in [-0.05, 0) is 35.9 Å². The highest BCUT2D eigenvalue weighted by Gasteiger charge is 2.11. The second-order valence-electron chi connectivity index (χ2n) is 5.72. The predicted molar refractivity (Wildman–Crippen MR) is 116 cm³/mol. The van der Waals surface area contributed by atoms with Crippen LogP contribution in [0.1, 0.15) is 5.56 Å². The van der Waals surface area contributed by atoms with Crippen molar-refractivity contribution in [2.24, 2.45) is 0 Å². The summed E-state index contributed by atoms with van der Waals surface area (Å²) in [6.07, 6.45) is 0. The largest absolute Gasteiger partial charge is 0.495 e. The molecule has 0 aliphatic carbocycles. The van der Waals surface area contributed by atoms with Gasteiger partial charge in [-0.3, -0.25) is 0 Å². The lowest BCUT2D eigenvalue weighted by molar-refractivity contribution is 0.417. The van der Waals surface area contributed by atoms with Gasteiger partial charge >= 0.3 is 5.63 Å². The lowest BCUT2D eigenvalue weighted by Gasteiger charge is -2.07. The SMILES string of the molecule is COc1ccccc1Nc1nnc(SCc2cc(=O)oc3cc(Br)ccc23)s1. The van der Waals surface area contributed by atoms with E-state index in [1.165, 1.54) is 29.2 Å². The van der Waals surface area contributed by atoms with Crippen molar-refractivity contribution in [2.45, 2.75) is 10.1 Å². The maximum absolute atomic E-state index is 11.9. The fraction of sp³-hybridized carbons (Fsp3) is 0.105. The molecule has 2 heterocycles. The number of methoxy groups -OCH3 is 1. The summed E-state index contributed by atoms with van der Waals surface area (Å²) in [6, 6.07) is 14.8. The molecule has 0 fully saturated rings. The number of hydrogen-bond donors (Lipinski definition) is 1. The Bertz CT molecular complexity index is 1190. The van der Waals surface area contributed by atoms with E-state index in [2.05, 4.69) is 31.4 Å². The first-order chi connectivity index (χ1) is 13.6. The fourth-order valence-corrected chi connectivity index (χ4v) is 4.74. The van der Waals surface area contributed by atoms with Gasteiger partial charge in [0.15, 0.2) is 4.34 Å². The molecule has 6 nitrogen and oxygen atoms in total. The van der Waals surface area contributed by atoms with Crippen LogP contribution in [0.5, 0.6) is 5.75 Å². The minimum absolute atomic E-state index is 0.364. The summed E-state index contributed by atoms with van der Waals surface area (Å²) in [5, 5.41) is 13.2. The third-order valence-corrected chi connectivity index (χ3v) is 6.41. The van der Waals surface area contributed by atoms with Gasteiger partial charge in [0.05, 0.1) is 12.8 Å². The van der Waals surface area contributed by atoms with Crippen molar-refractivity contribution in [1.82, 2.24) is 10.2 Å². The van der Waals surface area contributed by atoms with Gasteiger partial charge < -0.3 is 14.5 Å². The molecule has 0 amide bonds. The molecular weight excluding hydrogens is 462 g/mol. The summed E-state index contributed by atoms with van der Waals surface area (Å²) in [7, 11) is 1.63. The van der Waals surface area contributed by atoms with Crippen LogP contribution >= 0.6 is 39.0 Å². The quantitative estimate of drug-likeness (QED) is 0.293. The third-order valence-electron chi connectivity index (χ3n) is 3.90. The Labute approximate surface area is 177 Å². The number of thioether (sulfide) groups is 1. The molecule has 0 aliphatic rings. The monoisotopic (exact) mass is 475 g/mol. The van der Waals surface area contributed by atoms with Crippen molar-refractivity contribution in [3.8, 4) is 5.75 Å². The first kappa shape index (κ1) is 19.0. The van der Waals surface area contributed by atoms with Crippen LogP contribution in [-0.4, -0.2) is 17.3 Å². The number of halogens is 1. The highest BCUT2D eigenvalue weighted by Crippen LogP contribution is 2.33. The molecule has 0 atom stereocenters. The van der Waals surface area contributed by atoms with Crippen molar-refractivity contribution in [3.05, 3.63) is 69.0 Å². The maximum atomic E-state index is 11.9. The van der Waals surface area contributed by atoms with Gasteiger partial charge in [0.25, 0.3) is 0 Å². The van der Waals surface area contributed by atoms with Gasteiger partial charge in [-0.2, -0.15) is 0 Å². The Hall–Kier alpha value is -2.36. The molecular formula is C19H14BrN3O3S2. The van der Waals surface area contributed by atoms with Crippen LogP contribution < -0.4 is 15.7 Å². The smallest absolute Gasteiger partial charge is 0.336 e. The number of benzene rings is 2. The van der Waals surface area contributed by atoms with Gasteiger partial charge in [-0.15, -0.1) is 10.2 Å². The molecule has 0 bridgehead atoms. The summed E-state index contributed by atoms with van der Waals surface area (Å²) in [4.78, 5) is 11.9. The van der Waals surface area contributed by atoms with Crippen LogP contribution in [0.2, 0.25) is 0 Å². The van der Waals surface area contributed by atoms with Crippen LogP contribution in [0.25, 0.3) is 11.0 Å². The molecule has 142 valence electrons. The minimum Gasteiger partial charge on any atom is -0.495 e. The Morgan fingerprint density at radius 1 is 1.21 bits per heavy atom. The number of rotatable bonds is 6. The molecule has 0 saturated carbocycles. The first-order valence-electron chi connectivity index (χ1n) is 8.21. The molecule has 28 heavy (non-hydrogen) atoms. The van der Waals surface area contributed by atoms with E-state index in [4.69, 9.17) is 9.15 Å². The van der Waals surface area contributed by atoms with Crippen LogP contribution in [0.4, 0.5) is 10.8 Å². The van der Waals surface area contributed by atoms with Gasteiger partial charge in [-0.1, -0.05) is 51.2 Å². The normalized spacial score (nSPS) is 10.9. The van der Waals surface area contributed by atoms with Gasteiger partial charge in [0.1, 0.15) is 11.3 Å². The van der Waals surface area contributed by atoms with Gasteiger partial charge in [0.2, 0.25) is 5.13 Å². The topological polar surface area (TPSA) is 77.2 Å². The highest BCUT2D eigenvalue weighted by molar-refractivity contribution is 9.10. The molecule has 0 radical (unpaired) electrons. The number of anilines is 2. The molecule has 9 heteroatoms. The molecule has 4 aromatic rings. The Morgan fingerprint density at radius 2 is 2.07 bits per heavy atom. The number of aromatic nitrogens is 2. The van der Waals surface area contributed by atoms with Gasteiger partial charge in [0, 0.05) is 21.7 Å². The zero-order valence-corrected chi connectivity index (χ0v) is 17.9. The van der Waals surface area contributed by atoms with Crippen molar-refractivity contribution < 1.29 is 9.15 Å². The zero-order valence-electron chi connectivity index (χ0n) is 14.6. The molecule has 1 N–H and O–H groups in total. The average Bonchev–Trinajstić information content (AvgIpc) is 3.13. The number of fused-ring (bicyclic) bond motifs is 1. The predicted octanol–water partition coefficient (Wildman–Crippen LogP) is 5.45. The second kappa shape index (κ2) is 8.34. The van der Waals surface area contributed by atoms with E-state index in [-0.39, 0.29) is 5.63 Å². The van der Waals surface area contributed by atoms with E-state index in [0.717, 1.165) is 31.2 Å². The Kier molecular flexibility index (Phi) is 5.65. The van der Waals surface area contributed by atoms with E-state index in [0.29, 0.717) is 16.5 Å². The summed E-state index contributed by atoms with van der Waals surface area (Å²) >= 11 is 6.36. The molecule has 0 unspecified atom stereocenters. The van der Waals surface area contributed by atoms with E-state index in [9.17, 15) is 4.79 Å². The van der Waals surface area contributed by atoms with Crippen molar-refractivity contribution >= 4 is 60.8 Å². The Morgan fingerprint density at radius 3 is 2.93 bits per heavy atom. The maximum Gasteiger partial charge on any atom is 0.336 e. The lowest BCUT2D eigenvalue weighted by Crippen LogP contribution is -1.99. The standard InChI is InChI=1S/C19H14BrN3O3S2/c1-25-15-5-3-2-4-14(15)21-18-22-23-19(28-18)27-10-11-8-17(24)26-16-9-12(20)6-7-13(11)16/h2-9H,10H2,1H3,(H,21,22). The van der Waals surface area contributed by atoms with Crippen LogP contribution in [0.3, 0.4) is 0 Å². The summed E-state index contributed by atoms with van der Waals surface area (Å²) < 4.78 is 12.3. The Balaban J connectivity index is 1.51. The number of nitrogens with one attached hydrogen (secondary N) is 1. The number of nitrogens with zero attached hydrogens (tertiary/aromatic N) is 2. The molecule has 0 aliphatic heterocycles. The summed E-state index contributed by atoms with van der Waals surface area (Å²) in [5.74, 6) is 1.33. The molecule has 2 aromatic heterocycles. The first-order valence-corrected chi connectivity index (χ1v) is 10.8. The van der Waals surface area contributed by atoms with E-state index in [1.54, 1.807) is 13.2 Å². The second-order valence-corrected chi connectivity index (χ2v) is 8.83. The molecule has 4 rings (SSSR count). The highest BCUT2D eigenvalue weighted by atomic mass is 79.9. The fourth-order valence-electron chi connectivity index (χ4n) is 2.64. The van der Waals surface area contributed by atoms with E-state index < -0.39 is 0 Å². The van der Waals surface area contributed by atoms with Gasteiger partial charge in [-0.25, -0.2) is 4.79 Å². The van der Waals surface area contributed by atoms with Crippen molar-refractivity contribution in [2.75, 3.05) is 12.4 Å². The molecule has 2 aromatic carbocycles. The number of ether oxygens (including phenoxy) is 1. The van der Waals surface area contributed by atoms with Crippen LogP contribution in [0.15, 0.2) is 66.6 Å². The third kappa shape index (κ3) is 4.21. The minimum atomic E-state index is -0.364. The summed E-state index contributed by atoms with van der Waals surface area (Å²) in [5.41, 5.74) is 1.93. The zero-order chi connectivity index (χ0) is 19.5. The van der Waals surface area contributed by atoms with E-state index in [1.807, 2.05) is 36.4 Å². The average molecular weight is 476 g/mol. The summed E-state index contributed by atoms with van der Waals surface area (Å²) in [6.45, 7) is 0. The molecule has 0 saturated heterocycles. The van der Waals surface area contributed by atoms with Crippen LogP contribution in [0, 0.1) is 0 Å². The lowest BCUT2D eigenvalue weighted by atomic mass is 10.1. The number of hydrogen-bond acceptors (Lipinski definition) is 8. The number of para-hydroxylation sites is 2. The van der Waals surface area contributed by atoms with Crippen molar-refractivity contribution in [1.29, 1.82) is 0 Å².